The first-order valence-electron chi connectivity index (χ1n) is 5.28. The van der Waals surface area contributed by atoms with Crippen molar-refractivity contribution in [2.45, 2.75) is 32.7 Å². The Labute approximate surface area is 94.6 Å². The molecule has 0 unspecified atom stereocenters. The molecule has 1 aromatic rings. The molecule has 84 valence electrons. The maximum Gasteiger partial charge on any atom is 0.195 e. The Balaban J connectivity index is 2.05. The lowest BCUT2D eigenvalue weighted by atomic mass is 10.0. The highest BCUT2D eigenvalue weighted by atomic mass is 32.1. The Morgan fingerprint density at radius 1 is 1.60 bits per heavy atom. The van der Waals surface area contributed by atoms with E-state index in [1.54, 1.807) is 7.11 Å². The van der Waals surface area contributed by atoms with Gasteiger partial charge in [0.1, 0.15) is 5.82 Å². The lowest BCUT2D eigenvalue weighted by Crippen LogP contribution is -2.15. The van der Waals surface area contributed by atoms with Crippen LogP contribution in [0, 0.1) is 17.1 Å². The second kappa shape index (κ2) is 4.06. The van der Waals surface area contributed by atoms with Crippen molar-refractivity contribution in [1.82, 2.24) is 14.8 Å². The maximum atomic E-state index is 5.19. The first-order valence-corrected chi connectivity index (χ1v) is 5.68. The molecule has 1 aliphatic carbocycles. The van der Waals surface area contributed by atoms with Crippen molar-refractivity contribution in [3.8, 4) is 0 Å². The molecule has 0 spiro atoms. The molecule has 0 radical (unpaired) electrons. The van der Waals surface area contributed by atoms with Crippen LogP contribution >= 0.6 is 12.2 Å². The molecule has 0 aliphatic heterocycles. The lowest BCUT2D eigenvalue weighted by molar-refractivity contribution is 0.166. The highest BCUT2D eigenvalue weighted by Crippen LogP contribution is 2.50. The molecule has 1 aromatic heterocycles. The van der Waals surface area contributed by atoms with E-state index in [-0.39, 0.29) is 0 Å². The van der Waals surface area contributed by atoms with Crippen molar-refractivity contribution < 1.29 is 4.74 Å². The van der Waals surface area contributed by atoms with Gasteiger partial charge in [0.25, 0.3) is 0 Å². The molecule has 1 heterocycles. The maximum absolute atomic E-state index is 5.19. The normalized spacial score (nSPS) is 18.0. The summed E-state index contributed by atoms with van der Waals surface area (Å²) in [5.41, 5.74) is 0.420. The monoisotopic (exact) mass is 227 g/mol. The molecular weight excluding hydrogens is 210 g/mol. The van der Waals surface area contributed by atoms with E-state index >= 15 is 0 Å². The van der Waals surface area contributed by atoms with Crippen molar-refractivity contribution in [3.05, 3.63) is 10.6 Å². The van der Waals surface area contributed by atoms with E-state index in [0.717, 1.165) is 30.2 Å². The van der Waals surface area contributed by atoms with Gasteiger partial charge in [0.2, 0.25) is 0 Å². The fourth-order valence-electron chi connectivity index (χ4n) is 1.90. The smallest absolute Gasteiger partial charge is 0.195 e. The van der Waals surface area contributed by atoms with Gasteiger partial charge in [-0.2, -0.15) is 5.10 Å². The molecule has 0 saturated heterocycles. The molecule has 5 heteroatoms. The Bertz CT molecular complexity index is 392. The SMILES string of the molecule is COCCC1(Cn2c(C)n[nH]c2=S)CC1. The Morgan fingerprint density at radius 3 is 2.80 bits per heavy atom. The van der Waals surface area contributed by atoms with Crippen molar-refractivity contribution >= 4 is 12.2 Å². The van der Waals surface area contributed by atoms with Crippen molar-refractivity contribution in [2.75, 3.05) is 13.7 Å². The largest absolute Gasteiger partial charge is 0.385 e. The van der Waals surface area contributed by atoms with Crippen LogP contribution < -0.4 is 0 Å². The standard InChI is InChI=1S/C10H17N3OS/c1-8-11-12-9(15)13(8)7-10(3-4-10)5-6-14-2/h3-7H2,1-2H3,(H,12,15). The van der Waals surface area contributed by atoms with E-state index in [1.165, 1.54) is 12.8 Å². The number of hydrogen-bond acceptors (Lipinski definition) is 3. The predicted octanol–water partition coefficient (Wildman–Crippen LogP) is 2.07. The summed E-state index contributed by atoms with van der Waals surface area (Å²) in [6.45, 7) is 3.81. The van der Waals surface area contributed by atoms with Crippen LogP contribution in [-0.2, 0) is 11.3 Å². The molecule has 0 atom stereocenters. The third kappa shape index (κ3) is 2.29. The number of aromatic nitrogens is 3. The number of aromatic amines is 1. The average molecular weight is 227 g/mol. The van der Waals surface area contributed by atoms with Gasteiger partial charge in [-0.25, -0.2) is 0 Å². The van der Waals surface area contributed by atoms with E-state index in [1.807, 2.05) is 6.92 Å². The van der Waals surface area contributed by atoms with Gasteiger partial charge in [-0.05, 0) is 43.8 Å². The predicted molar refractivity (Wildman–Crippen MR) is 60.3 cm³/mol. The fourth-order valence-corrected chi connectivity index (χ4v) is 2.14. The average Bonchev–Trinajstić information content (AvgIpc) is 2.93. The lowest BCUT2D eigenvalue weighted by Gasteiger charge is -2.15. The van der Waals surface area contributed by atoms with Crippen molar-refractivity contribution in [1.29, 1.82) is 0 Å². The zero-order valence-corrected chi connectivity index (χ0v) is 10.1. The molecule has 15 heavy (non-hydrogen) atoms. The molecule has 1 fully saturated rings. The van der Waals surface area contributed by atoms with Gasteiger partial charge < -0.3 is 9.30 Å². The second-order valence-electron chi connectivity index (χ2n) is 4.40. The number of ether oxygens (including phenoxy) is 1. The number of H-pyrrole nitrogens is 1. The molecule has 4 nitrogen and oxygen atoms in total. The summed E-state index contributed by atoms with van der Waals surface area (Å²) in [6.07, 6.45) is 3.68. The number of methoxy groups -OCH3 is 1. The van der Waals surface area contributed by atoms with E-state index in [0.29, 0.717) is 5.41 Å². The van der Waals surface area contributed by atoms with Gasteiger partial charge in [0.15, 0.2) is 4.77 Å². The van der Waals surface area contributed by atoms with Crippen LogP contribution in [0.5, 0.6) is 0 Å². The van der Waals surface area contributed by atoms with E-state index in [2.05, 4.69) is 14.8 Å². The summed E-state index contributed by atoms with van der Waals surface area (Å²) in [5.74, 6) is 0.976. The molecular formula is C10H17N3OS. The molecule has 0 aromatic carbocycles. The third-order valence-corrected chi connectivity index (χ3v) is 3.55. The molecule has 1 aliphatic rings. The van der Waals surface area contributed by atoms with Crippen molar-refractivity contribution in [3.63, 3.8) is 0 Å². The minimum absolute atomic E-state index is 0.420. The van der Waals surface area contributed by atoms with Gasteiger partial charge in [-0.15, -0.1) is 0 Å². The van der Waals surface area contributed by atoms with Crippen LogP contribution in [-0.4, -0.2) is 28.5 Å². The van der Waals surface area contributed by atoms with Crippen LogP contribution in [0.1, 0.15) is 25.1 Å². The summed E-state index contributed by atoms with van der Waals surface area (Å²) in [4.78, 5) is 0. The van der Waals surface area contributed by atoms with Crippen LogP contribution in [0.4, 0.5) is 0 Å². The Morgan fingerprint density at radius 2 is 2.33 bits per heavy atom. The van der Waals surface area contributed by atoms with Gasteiger partial charge in [0, 0.05) is 20.3 Å². The highest BCUT2D eigenvalue weighted by Gasteiger charge is 2.42. The molecule has 1 saturated carbocycles. The van der Waals surface area contributed by atoms with Gasteiger partial charge >= 0.3 is 0 Å². The second-order valence-corrected chi connectivity index (χ2v) is 4.79. The zero-order valence-electron chi connectivity index (χ0n) is 9.25. The molecule has 2 rings (SSSR count). The first-order chi connectivity index (χ1) is 7.17. The molecule has 0 bridgehead atoms. The van der Waals surface area contributed by atoms with Gasteiger partial charge in [-0.1, -0.05) is 0 Å². The topological polar surface area (TPSA) is 42.8 Å². The van der Waals surface area contributed by atoms with Crippen LogP contribution in [0.2, 0.25) is 0 Å². The highest BCUT2D eigenvalue weighted by molar-refractivity contribution is 7.71. The quantitative estimate of drug-likeness (QED) is 0.783. The zero-order chi connectivity index (χ0) is 10.9. The number of aryl methyl sites for hydroxylation is 1. The number of rotatable bonds is 5. The van der Waals surface area contributed by atoms with Crippen LogP contribution in [0.25, 0.3) is 0 Å². The van der Waals surface area contributed by atoms with E-state index < -0.39 is 0 Å². The number of nitrogens with one attached hydrogen (secondary N) is 1. The first kappa shape index (κ1) is 10.8. The minimum atomic E-state index is 0.420. The summed E-state index contributed by atoms with van der Waals surface area (Å²) in [5, 5.41) is 6.95. The summed E-state index contributed by atoms with van der Waals surface area (Å²) in [7, 11) is 1.75. The summed E-state index contributed by atoms with van der Waals surface area (Å²) in [6, 6.07) is 0. The van der Waals surface area contributed by atoms with Gasteiger partial charge in [0.05, 0.1) is 0 Å². The third-order valence-electron chi connectivity index (χ3n) is 3.24. The Kier molecular flexibility index (Phi) is 2.93. The van der Waals surface area contributed by atoms with Crippen molar-refractivity contribution in [2.24, 2.45) is 5.41 Å². The van der Waals surface area contributed by atoms with Crippen LogP contribution in [0.15, 0.2) is 0 Å². The summed E-state index contributed by atoms with van der Waals surface area (Å²) < 4.78 is 7.97. The van der Waals surface area contributed by atoms with E-state index in [9.17, 15) is 0 Å². The van der Waals surface area contributed by atoms with E-state index in [4.69, 9.17) is 17.0 Å². The van der Waals surface area contributed by atoms with Gasteiger partial charge in [-0.3, -0.25) is 5.10 Å². The molecule has 0 amide bonds. The molecule has 1 N–H and O–H groups in total. The minimum Gasteiger partial charge on any atom is -0.385 e. The van der Waals surface area contributed by atoms with Crippen LogP contribution in [0.3, 0.4) is 0 Å². The number of hydrogen-bond donors (Lipinski definition) is 1. The Hall–Kier alpha value is -0.680. The number of nitrogens with zero attached hydrogens (tertiary/aromatic N) is 2. The fraction of sp³-hybridized carbons (Fsp3) is 0.800. The summed E-state index contributed by atoms with van der Waals surface area (Å²) >= 11 is 5.19.